The van der Waals surface area contributed by atoms with Gasteiger partial charge in [0.15, 0.2) is 0 Å². The highest BCUT2D eigenvalue weighted by atomic mass is 32.2. The first-order valence-electron chi connectivity index (χ1n) is 5.99. The van der Waals surface area contributed by atoms with Crippen LogP contribution in [0.3, 0.4) is 0 Å². The Morgan fingerprint density at radius 2 is 1.59 bits per heavy atom. The standard InChI is InChI=1S/C12H14N3O5PS/c13-10-6-8-11(9-7-10)19-21(16,20-22(17,18)15-14)12-4-2-1-3-5-12/h1-9,15H,13-14H2. The van der Waals surface area contributed by atoms with Crippen molar-refractivity contribution in [2.24, 2.45) is 5.84 Å². The second-order valence-electron chi connectivity index (χ2n) is 4.14. The molecule has 0 spiro atoms. The molecule has 1 unspecified atom stereocenters. The maximum atomic E-state index is 12.9. The topological polar surface area (TPSA) is 134 Å². The molecule has 0 aliphatic heterocycles. The SMILES string of the molecule is NNS(=O)(=O)OP(=O)(Oc1ccc(N)cc1)c1ccccc1. The second kappa shape index (κ2) is 6.47. The molecule has 0 saturated carbocycles. The maximum Gasteiger partial charge on any atom is 0.426 e. The number of rotatable bonds is 6. The van der Waals surface area contributed by atoms with Gasteiger partial charge in [0, 0.05) is 5.69 Å². The monoisotopic (exact) mass is 343 g/mol. The Labute approximate surface area is 127 Å². The number of hydrogen-bond acceptors (Lipinski definition) is 7. The molecule has 0 bridgehead atoms. The van der Waals surface area contributed by atoms with E-state index in [1.807, 2.05) is 0 Å². The molecule has 0 amide bonds. The molecule has 5 N–H and O–H groups in total. The molecule has 8 nitrogen and oxygen atoms in total. The van der Waals surface area contributed by atoms with Crippen molar-refractivity contribution in [1.29, 1.82) is 0 Å². The summed E-state index contributed by atoms with van der Waals surface area (Å²) < 4.78 is 45.8. The molecule has 2 aromatic rings. The van der Waals surface area contributed by atoms with E-state index in [2.05, 4.69) is 3.97 Å². The highest BCUT2D eigenvalue weighted by Gasteiger charge is 2.35. The molecular formula is C12H14N3O5PS. The van der Waals surface area contributed by atoms with Gasteiger partial charge in [-0.2, -0.15) is 12.4 Å². The van der Waals surface area contributed by atoms with E-state index in [0.29, 0.717) is 5.69 Å². The molecule has 118 valence electrons. The number of hydrogen-bond donors (Lipinski definition) is 3. The summed E-state index contributed by atoms with van der Waals surface area (Å²) in [5.41, 5.74) is 6.02. The van der Waals surface area contributed by atoms with Gasteiger partial charge >= 0.3 is 17.9 Å². The van der Waals surface area contributed by atoms with Gasteiger partial charge in [-0.25, -0.2) is 4.57 Å². The fraction of sp³-hybridized carbons (Fsp3) is 0. The summed E-state index contributed by atoms with van der Waals surface area (Å²) in [4.78, 5) is 1.44. The third-order valence-electron chi connectivity index (χ3n) is 2.52. The van der Waals surface area contributed by atoms with Crippen molar-refractivity contribution in [3.8, 4) is 5.75 Å². The molecule has 0 fully saturated rings. The van der Waals surface area contributed by atoms with Gasteiger partial charge in [-0.15, -0.1) is 4.83 Å². The fourth-order valence-electron chi connectivity index (χ4n) is 1.54. The molecule has 2 rings (SSSR count). The second-order valence-corrected chi connectivity index (χ2v) is 7.57. The zero-order chi connectivity index (χ0) is 16.2. The van der Waals surface area contributed by atoms with Crippen molar-refractivity contribution < 1.29 is 21.5 Å². The summed E-state index contributed by atoms with van der Waals surface area (Å²) in [5.74, 6) is 4.98. The van der Waals surface area contributed by atoms with E-state index in [1.54, 1.807) is 18.2 Å². The lowest BCUT2D eigenvalue weighted by Crippen LogP contribution is -2.32. The van der Waals surface area contributed by atoms with E-state index in [1.165, 1.54) is 41.2 Å². The molecule has 0 aliphatic rings. The Balaban J connectivity index is 2.42. The van der Waals surface area contributed by atoms with Crippen molar-refractivity contribution in [2.75, 3.05) is 5.73 Å². The molecule has 1 atom stereocenters. The predicted molar refractivity (Wildman–Crippen MR) is 82.5 cm³/mol. The minimum atomic E-state index is -4.44. The van der Waals surface area contributed by atoms with Gasteiger partial charge in [0.2, 0.25) is 0 Å². The molecule has 0 radical (unpaired) electrons. The smallest absolute Gasteiger partial charge is 0.421 e. The van der Waals surface area contributed by atoms with Crippen LogP contribution in [0.15, 0.2) is 54.6 Å². The molecular weight excluding hydrogens is 329 g/mol. The van der Waals surface area contributed by atoms with Gasteiger partial charge in [0.25, 0.3) is 0 Å². The molecule has 0 aromatic heterocycles. The lowest BCUT2D eigenvalue weighted by atomic mass is 10.3. The van der Waals surface area contributed by atoms with Crippen LogP contribution >= 0.6 is 7.60 Å². The van der Waals surface area contributed by atoms with Crippen LogP contribution in [0.4, 0.5) is 5.69 Å². The van der Waals surface area contributed by atoms with E-state index < -0.39 is 17.9 Å². The average Bonchev–Trinajstić information content (AvgIpc) is 2.50. The number of hydrazine groups is 1. The molecule has 2 aromatic carbocycles. The Kier molecular flexibility index (Phi) is 4.84. The van der Waals surface area contributed by atoms with Gasteiger partial charge in [-0.05, 0) is 36.4 Å². The summed E-state index contributed by atoms with van der Waals surface area (Å²) in [6.45, 7) is 0. The van der Waals surface area contributed by atoms with Crippen LogP contribution in [0.25, 0.3) is 0 Å². The van der Waals surface area contributed by atoms with Crippen LogP contribution in [0.1, 0.15) is 0 Å². The van der Waals surface area contributed by atoms with Crippen molar-refractivity contribution in [3.63, 3.8) is 0 Å². The van der Waals surface area contributed by atoms with Crippen molar-refractivity contribution in [3.05, 3.63) is 54.6 Å². The minimum Gasteiger partial charge on any atom is -0.421 e. The van der Waals surface area contributed by atoms with Crippen LogP contribution in [0, 0.1) is 0 Å². The quantitative estimate of drug-likeness (QED) is 0.307. The Hall–Kier alpha value is -1.90. The number of nitrogens with two attached hydrogens (primary N) is 2. The van der Waals surface area contributed by atoms with Gasteiger partial charge in [-0.3, -0.25) is 5.84 Å². The number of benzene rings is 2. The maximum absolute atomic E-state index is 12.9. The van der Waals surface area contributed by atoms with Crippen molar-refractivity contribution in [1.82, 2.24) is 4.83 Å². The zero-order valence-electron chi connectivity index (χ0n) is 11.2. The lowest BCUT2D eigenvalue weighted by Gasteiger charge is -2.18. The van der Waals surface area contributed by atoms with Crippen LogP contribution in [-0.4, -0.2) is 8.42 Å². The zero-order valence-corrected chi connectivity index (χ0v) is 13.0. The summed E-state index contributed by atoms with van der Waals surface area (Å²) >= 11 is 0. The van der Waals surface area contributed by atoms with Gasteiger partial charge in [0.1, 0.15) is 5.75 Å². The highest BCUT2D eigenvalue weighted by molar-refractivity contribution is 7.90. The lowest BCUT2D eigenvalue weighted by molar-refractivity contribution is 0.390. The van der Waals surface area contributed by atoms with E-state index in [9.17, 15) is 13.0 Å². The largest absolute Gasteiger partial charge is 0.426 e. The first-order chi connectivity index (χ1) is 10.3. The fourth-order valence-corrected chi connectivity index (χ4v) is 4.25. The van der Waals surface area contributed by atoms with E-state index in [-0.39, 0.29) is 11.1 Å². The minimum absolute atomic E-state index is 0.0608. The van der Waals surface area contributed by atoms with E-state index in [0.717, 1.165) is 0 Å². The Morgan fingerprint density at radius 1 is 1.00 bits per heavy atom. The van der Waals surface area contributed by atoms with Crippen molar-refractivity contribution >= 4 is 28.9 Å². The van der Waals surface area contributed by atoms with Gasteiger partial charge in [-0.1, -0.05) is 18.2 Å². The highest BCUT2D eigenvalue weighted by Crippen LogP contribution is 2.48. The molecule has 0 aliphatic carbocycles. The van der Waals surface area contributed by atoms with E-state index in [4.69, 9.17) is 16.1 Å². The van der Waals surface area contributed by atoms with Crippen LogP contribution < -0.4 is 26.2 Å². The predicted octanol–water partition coefficient (Wildman–Crippen LogP) is 0.891. The summed E-state index contributed by atoms with van der Waals surface area (Å²) in [6.07, 6.45) is 0. The molecule has 0 saturated heterocycles. The van der Waals surface area contributed by atoms with Crippen LogP contribution in [0.5, 0.6) is 5.75 Å². The average molecular weight is 343 g/mol. The molecule has 22 heavy (non-hydrogen) atoms. The summed E-state index contributed by atoms with van der Waals surface area (Å²) in [5, 5.41) is 0.0608. The molecule has 10 heteroatoms. The van der Waals surface area contributed by atoms with Crippen LogP contribution in [0.2, 0.25) is 0 Å². The summed E-state index contributed by atoms with van der Waals surface area (Å²) in [7, 11) is -8.66. The molecule has 0 heterocycles. The third kappa shape index (κ3) is 4.06. The number of nitrogen functional groups attached to an aromatic ring is 1. The first kappa shape index (κ1) is 16.5. The number of anilines is 1. The van der Waals surface area contributed by atoms with Crippen molar-refractivity contribution in [2.45, 2.75) is 0 Å². The third-order valence-corrected chi connectivity index (χ3v) is 5.76. The van der Waals surface area contributed by atoms with Gasteiger partial charge < -0.3 is 10.3 Å². The van der Waals surface area contributed by atoms with Gasteiger partial charge in [0.05, 0.1) is 5.30 Å². The first-order valence-corrected chi connectivity index (χ1v) is 8.94. The Morgan fingerprint density at radius 3 is 2.14 bits per heavy atom. The van der Waals surface area contributed by atoms with E-state index >= 15 is 0 Å². The normalized spacial score (nSPS) is 14.2. The summed E-state index contributed by atoms with van der Waals surface area (Å²) in [6, 6.07) is 13.6. The Bertz CT molecular complexity index is 780. The number of nitrogens with one attached hydrogen (secondary N) is 1. The van der Waals surface area contributed by atoms with Crippen LogP contribution in [-0.2, 0) is 18.8 Å².